The molecule has 1 amide bonds. The molecule has 118 valence electrons. The highest BCUT2D eigenvalue weighted by Crippen LogP contribution is 2.19. The largest absolute Gasteiger partial charge is 0.381 e. The van der Waals surface area contributed by atoms with Crippen LogP contribution in [0.5, 0.6) is 0 Å². The van der Waals surface area contributed by atoms with Gasteiger partial charge in [-0.3, -0.25) is 10.1 Å². The lowest BCUT2D eigenvalue weighted by molar-refractivity contribution is -0.130. The molecule has 1 saturated heterocycles. The number of rotatable bonds is 10. The first-order valence-electron chi connectivity index (χ1n) is 8.24. The van der Waals surface area contributed by atoms with Crippen LogP contribution in [0.1, 0.15) is 59.8 Å². The van der Waals surface area contributed by atoms with Crippen molar-refractivity contribution >= 4 is 5.91 Å². The summed E-state index contributed by atoms with van der Waals surface area (Å²) in [5.74, 6) is 0.824. The third kappa shape index (κ3) is 5.41. The highest BCUT2D eigenvalue weighted by Gasteiger charge is 2.37. The normalized spacial score (nSPS) is 23.1. The van der Waals surface area contributed by atoms with Crippen LogP contribution in [-0.4, -0.2) is 42.8 Å². The minimum atomic E-state index is 0.0148. The molecule has 0 aromatic heterocycles. The lowest BCUT2D eigenvalue weighted by Crippen LogP contribution is -2.37. The van der Waals surface area contributed by atoms with Crippen LogP contribution in [0.3, 0.4) is 0 Å². The molecule has 0 spiro atoms. The molecule has 2 unspecified atom stereocenters. The van der Waals surface area contributed by atoms with Crippen LogP contribution in [0.4, 0.5) is 0 Å². The first-order chi connectivity index (χ1) is 9.60. The second-order valence-corrected chi connectivity index (χ2v) is 6.12. The predicted octanol–water partition coefficient (Wildman–Crippen LogP) is 2.78. The molecule has 1 heterocycles. The van der Waals surface area contributed by atoms with Gasteiger partial charge in [-0.1, -0.05) is 34.1 Å². The van der Waals surface area contributed by atoms with Gasteiger partial charge in [0.1, 0.15) is 0 Å². The third-order valence-electron chi connectivity index (χ3n) is 3.77. The molecule has 0 aromatic carbocycles. The molecule has 0 aliphatic carbocycles. The summed E-state index contributed by atoms with van der Waals surface area (Å²) in [5.41, 5.74) is 0. The maximum Gasteiger partial charge on any atom is 0.241 e. The zero-order valence-corrected chi connectivity index (χ0v) is 13.7. The number of hydrogen-bond donors (Lipinski definition) is 1. The van der Waals surface area contributed by atoms with Crippen molar-refractivity contribution in [2.45, 2.75) is 72.0 Å². The Labute approximate surface area is 124 Å². The van der Waals surface area contributed by atoms with E-state index in [4.69, 9.17) is 4.74 Å². The summed E-state index contributed by atoms with van der Waals surface area (Å²) in [6.45, 7) is 11.0. The monoisotopic (exact) mass is 284 g/mol. The Bertz CT molecular complexity index is 282. The summed E-state index contributed by atoms with van der Waals surface area (Å²) < 4.78 is 5.57. The maximum absolute atomic E-state index is 12.4. The molecule has 1 N–H and O–H groups in total. The molecule has 4 heteroatoms. The summed E-state index contributed by atoms with van der Waals surface area (Å²) in [5, 5.41) is 3.47. The van der Waals surface area contributed by atoms with Gasteiger partial charge in [-0.15, -0.1) is 0 Å². The number of hydrogen-bond acceptors (Lipinski definition) is 3. The van der Waals surface area contributed by atoms with E-state index in [0.717, 1.165) is 45.4 Å². The molecule has 1 fully saturated rings. The van der Waals surface area contributed by atoms with Crippen LogP contribution in [0, 0.1) is 5.92 Å². The molecule has 0 radical (unpaired) electrons. The van der Waals surface area contributed by atoms with Crippen LogP contribution in [0.15, 0.2) is 0 Å². The fourth-order valence-corrected chi connectivity index (χ4v) is 2.68. The fourth-order valence-electron chi connectivity index (χ4n) is 2.68. The molecule has 4 nitrogen and oxygen atoms in total. The summed E-state index contributed by atoms with van der Waals surface area (Å²) >= 11 is 0. The molecular formula is C16H32N2O2. The molecule has 2 atom stereocenters. The predicted molar refractivity (Wildman–Crippen MR) is 82.5 cm³/mol. The van der Waals surface area contributed by atoms with Crippen LogP contribution >= 0.6 is 0 Å². The molecule has 1 aliphatic rings. The average molecular weight is 284 g/mol. The van der Waals surface area contributed by atoms with Gasteiger partial charge < -0.3 is 9.64 Å². The average Bonchev–Trinajstić information content (AvgIpc) is 2.70. The lowest BCUT2D eigenvalue weighted by atomic mass is 10.0. The number of carbonyl (C=O) groups is 1. The van der Waals surface area contributed by atoms with E-state index in [1.807, 2.05) is 4.90 Å². The minimum Gasteiger partial charge on any atom is -0.381 e. The van der Waals surface area contributed by atoms with Crippen LogP contribution in [0.25, 0.3) is 0 Å². The first-order valence-corrected chi connectivity index (χ1v) is 8.24. The SMILES string of the molecule is CCCCOCCCN1C(=O)C(CC(C)C)NC1CC. The third-order valence-corrected chi connectivity index (χ3v) is 3.77. The summed E-state index contributed by atoms with van der Waals surface area (Å²) in [6, 6.07) is 0.0148. The summed E-state index contributed by atoms with van der Waals surface area (Å²) in [6.07, 6.45) is 5.33. The number of ether oxygens (including phenoxy) is 1. The number of nitrogens with one attached hydrogen (secondary N) is 1. The molecular weight excluding hydrogens is 252 g/mol. The van der Waals surface area contributed by atoms with Crippen molar-refractivity contribution in [2.24, 2.45) is 5.92 Å². The van der Waals surface area contributed by atoms with Gasteiger partial charge in [-0.25, -0.2) is 0 Å². The van der Waals surface area contributed by atoms with E-state index < -0.39 is 0 Å². The van der Waals surface area contributed by atoms with E-state index in [9.17, 15) is 4.79 Å². The van der Waals surface area contributed by atoms with Crippen molar-refractivity contribution < 1.29 is 9.53 Å². The van der Waals surface area contributed by atoms with Crippen LogP contribution in [0.2, 0.25) is 0 Å². The minimum absolute atomic E-state index is 0.0148. The first kappa shape index (κ1) is 17.4. The second kappa shape index (κ2) is 9.35. The van der Waals surface area contributed by atoms with E-state index in [0.29, 0.717) is 5.92 Å². The summed E-state index contributed by atoms with van der Waals surface area (Å²) in [4.78, 5) is 14.4. The topological polar surface area (TPSA) is 41.6 Å². The van der Waals surface area contributed by atoms with Crippen molar-refractivity contribution in [2.75, 3.05) is 19.8 Å². The Hall–Kier alpha value is -0.610. The molecule has 0 bridgehead atoms. The van der Waals surface area contributed by atoms with E-state index in [1.54, 1.807) is 0 Å². The quantitative estimate of drug-likeness (QED) is 0.627. The molecule has 1 aliphatic heterocycles. The van der Waals surface area contributed by atoms with E-state index >= 15 is 0 Å². The zero-order chi connectivity index (χ0) is 15.0. The number of amides is 1. The Morgan fingerprint density at radius 2 is 1.95 bits per heavy atom. The van der Waals surface area contributed by atoms with Gasteiger partial charge in [0.05, 0.1) is 12.2 Å². The molecule has 20 heavy (non-hydrogen) atoms. The zero-order valence-electron chi connectivity index (χ0n) is 13.7. The van der Waals surface area contributed by atoms with Gasteiger partial charge >= 0.3 is 0 Å². The molecule has 1 rings (SSSR count). The van der Waals surface area contributed by atoms with Gasteiger partial charge in [0.15, 0.2) is 0 Å². The van der Waals surface area contributed by atoms with Crippen molar-refractivity contribution in [3.63, 3.8) is 0 Å². The number of nitrogens with zero attached hydrogens (tertiary/aromatic N) is 1. The van der Waals surface area contributed by atoms with Crippen LogP contribution in [-0.2, 0) is 9.53 Å². The van der Waals surface area contributed by atoms with Gasteiger partial charge in [-0.2, -0.15) is 0 Å². The van der Waals surface area contributed by atoms with E-state index in [2.05, 4.69) is 33.0 Å². The van der Waals surface area contributed by atoms with Gasteiger partial charge in [0, 0.05) is 19.8 Å². The standard InChI is InChI=1S/C16H32N2O2/c1-5-7-10-20-11-8-9-18-15(6-2)17-14(16(18)19)12-13(3)4/h13-15,17H,5-12H2,1-4H3. The number of carbonyl (C=O) groups excluding carboxylic acids is 1. The molecule has 0 aromatic rings. The van der Waals surface area contributed by atoms with Gasteiger partial charge in [0.2, 0.25) is 5.91 Å². The second-order valence-electron chi connectivity index (χ2n) is 6.12. The Morgan fingerprint density at radius 3 is 2.55 bits per heavy atom. The van der Waals surface area contributed by atoms with Crippen molar-refractivity contribution in [1.29, 1.82) is 0 Å². The maximum atomic E-state index is 12.4. The fraction of sp³-hybridized carbons (Fsp3) is 0.938. The van der Waals surface area contributed by atoms with E-state index in [1.165, 1.54) is 6.42 Å². The lowest BCUT2D eigenvalue weighted by Gasteiger charge is -2.22. The van der Waals surface area contributed by atoms with Crippen LogP contribution < -0.4 is 5.32 Å². The smallest absolute Gasteiger partial charge is 0.241 e. The van der Waals surface area contributed by atoms with Crippen molar-refractivity contribution in [1.82, 2.24) is 10.2 Å². The van der Waals surface area contributed by atoms with Gasteiger partial charge in [0.25, 0.3) is 0 Å². The van der Waals surface area contributed by atoms with Crippen molar-refractivity contribution in [3.05, 3.63) is 0 Å². The highest BCUT2D eigenvalue weighted by atomic mass is 16.5. The van der Waals surface area contributed by atoms with E-state index in [-0.39, 0.29) is 18.1 Å². The Balaban J connectivity index is 2.33. The Kier molecular flexibility index (Phi) is 8.15. The summed E-state index contributed by atoms with van der Waals surface area (Å²) in [7, 11) is 0. The van der Waals surface area contributed by atoms with Crippen molar-refractivity contribution in [3.8, 4) is 0 Å². The molecule has 0 saturated carbocycles. The Morgan fingerprint density at radius 1 is 1.25 bits per heavy atom. The highest BCUT2D eigenvalue weighted by molar-refractivity contribution is 5.84. The number of unbranched alkanes of at least 4 members (excludes halogenated alkanes) is 1. The van der Waals surface area contributed by atoms with Gasteiger partial charge in [-0.05, 0) is 31.6 Å².